The van der Waals surface area contributed by atoms with E-state index < -0.39 is 11.7 Å². The number of aromatic amines is 1. The van der Waals surface area contributed by atoms with E-state index in [1.54, 1.807) is 19.2 Å². The molecule has 0 unspecified atom stereocenters. The van der Waals surface area contributed by atoms with Gasteiger partial charge in [-0.1, -0.05) is 12.1 Å². The molecule has 0 spiro atoms. The van der Waals surface area contributed by atoms with Gasteiger partial charge in [0.05, 0.1) is 11.1 Å². The summed E-state index contributed by atoms with van der Waals surface area (Å²) in [5.74, 6) is 0. The number of nitrogens with one attached hydrogen (secondary N) is 1. The van der Waals surface area contributed by atoms with E-state index in [-0.39, 0.29) is 5.69 Å². The van der Waals surface area contributed by atoms with Crippen molar-refractivity contribution >= 4 is 11.2 Å². The van der Waals surface area contributed by atoms with Crippen LogP contribution in [0.3, 0.4) is 0 Å². The fourth-order valence-corrected chi connectivity index (χ4v) is 2.15. The Bertz CT molecular complexity index is 877. The summed E-state index contributed by atoms with van der Waals surface area (Å²) >= 11 is 0. The van der Waals surface area contributed by atoms with Gasteiger partial charge in [0.2, 0.25) is 0 Å². The van der Waals surface area contributed by atoms with Crippen LogP contribution < -0.4 is 5.69 Å². The largest absolute Gasteiger partial charge is 0.416 e. The van der Waals surface area contributed by atoms with Crippen LogP contribution in [0.25, 0.3) is 22.3 Å². The third kappa shape index (κ3) is 2.31. The Hall–Kier alpha value is -2.57. The fourth-order valence-electron chi connectivity index (χ4n) is 2.15. The van der Waals surface area contributed by atoms with Crippen LogP contribution in [0.4, 0.5) is 13.2 Å². The molecule has 2 aromatic heterocycles. The highest BCUT2D eigenvalue weighted by Gasteiger charge is 2.30. The molecule has 1 aromatic carbocycles. The van der Waals surface area contributed by atoms with Gasteiger partial charge in [-0.05, 0) is 23.8 Å². The number of rotatable bonds is 1. The van der Waals surface area contributed by atoms with E-state index in [9.17, 15) is 18.0 Å². The normalized spacial score (nSPS) is 12.0. The van der Waals surface area contributed by atoms with Crippen LogP contribution >= 0.6 is 0 Å². The van der Waals surface area contributed by atoms with E-state index in [1.807, 2.05) is 0 Å². The molecule has 108 valence electrons. The van der Waals surface area contributed by atoms with Crippen molar-refractivity contribution in [1.82, 2.24) is 14.5 Å². The summed E-state index contributed by atoms with van der Waals surface area (Å²) in [6.07, 6.45) is -2.94. The van der Waals surface area contributed by atoms with Crippen molar-refractivity contribution in [3.8, 4) is 11.1 Å². The SMILES string of the molecule is Cn1c(=O)[nH]c2cc(-c3cccc(C(F)(F)F)c3)cnc21. The monoisotopic (exact) mass is 293 g/mol. The van der Waals surface area contributed by atoms with Crippen LogP contribution in [-0.2, 0) is 13.2 Å². The fraction of sp³-hybridized carbons (Fsp3) is 0.143. The molecule has 0 radical (unpaired) electrons. The van der Waals surface area contributed by atoms with Crippen molar-refractivity contribution in [3.63, 3.8) is 0 Å². The van der Waals surface area contributed by atoms with Crippen molar-refractivity contribution in [2.75, 3.05) is 0 Å². The molecule has 0 saturated heterocycles. The van der Waals surface area contributed by atoms with Gasteiger partial charge in [-0.2, -0.15) is 13.2 Å². The van der Waals surface area contributed by atoms with Crippen LogP contribution in [0.15, 0.2) is 41.3 Å². The van der Waals surface area contributed by atoms with Crippen molar-refractivity contribution in [1.29, 1.82) is 0 Å². The number of nitrogens with zero attached hydrogens (tertiary/aromatic N) is 2. The molecule has 0 amide bonds. The maximum Gasteiger partial charge on any atom is 0.416 e. The number of aryl methyl sites for hydroxylation is 1. The highest BCUT2D eigenvalue weighted by atomic mass is 19.4. The molecule has 2 heterocycles. The molecular weight excluding hydrogens is 283 g/mol. The molecule has 3 rings (SSSR count). The third-order valence-electron chi connectivity index (χ3n) is 3.25. The molecule has 0 aliphatic heterocycles. The van der Waals surface area contributed by atoms with Gasteiger partial charge in [-0.15, -0.1) is 0 Å². The second-order valence-corrected chi connectivity index (χ2v) is 4.66. The minimum Gasteiger partial charge on any atom is -0.304 e. The van der Waals surface area contributed by atoms with Crippen molar-refractivity contribution in [2.45, 2.75) is 6.18 Å². The molecule has 0 atom stereocenters. The zero-order chi connectivity index (χ0) is 15.2. The summed E-state index contributed by atoms with van der Waals surface area (Å²) in [4.78, 5) is 18.2. The average molecular weight is 293 g/mol. The van der Waals surface area contributed by atoms with Crippen LogP contribution in [0.2, 0.25) is 0 Å². The van der Waals surface area contributed by atoms with Crippen molar-refractivity contribution in [3.05, 3.63) is 52.6 Å². The average Bonchev–Trinajstić information content (AvgIpc) is 2.73. The maximum atomic E-state index is 12.7. The van der Waals surface area contributed by atoms with Crippen LogP contribution in [-0.4, -0.2) is 14.5 Å². The molecular formula is C14H10F3N3O. The number of benzene rings is 1. The van der Waals surface area contributed by atoms with Crippen molar-refractivity contribution < 1.29 is 13.2 Å². The van der Waals surface area contributed by atoms with Gasteiger partial charge in [0, 0.05) is 18.8 Å². The quantitative estimate of drug-likeness (QED) is 0.750. The van der Waals surface area contributed by atoms with E-state index in [0.29, 0.717) is 22.3 Å². The Morgan fingerprint density at radius 3 is 2.67 bits per heavy atom. The molecule has 0 fully saturated rings. The minimum absolute atomic E-state index is 0.321. The Morgan fingerprint density at radius 2 is 1.95 bits per heavy atom. The van der Waals surface area contributed by atoms with Gasteiger partial charge >= 0.3 is 11.9 Å². The molecule has 0 aliphatic carbocycles. The number of fused-ring (bicyclic) bond motifs is 1. The predicted molar refractivity (Wildman–Crippen MR) is 71.8 cm³/mol. The molecule has 0 aliphatic rings. The summed E-state index contributed by atoms with van der Waals surface area (Å²) in [5.41, 5.74) is 0.799. The number of halogens is 3. The number of hydrogen-bond donors (Lipinski definition) is 1. The van der Waals surface area contributed by atoms with E-state index in [4.69, 9.17) is 0 Å². The second kappa shape index (κ2) is 4.47. The van der Waals surface area contributed by atoms with Gasteiger partial charge in [0.25, 0.3) is 0 Å². The molecule has 0 bridgehead atoms. The van der Waals surface area contributed by atoms with Gasteiger partial charge in [0.15, 0.2) is 5.65 Å². The van der Waals surface area contributed by atoms with Gasteiger partial charge in [-0.3, -0.25) is 4.57 Å². The van der Waals surface area contributed by atoms with E-state index in [2.05, 4.69) is 9.97 Å². The summed E-state index contributed by atoms with van der Waals surface area (Å²) in [6.45, 7) is 0. The minimum atomic E-state index is -4.39. The lowest BCUT2D eigenvalue weighted by molar-refractivity contribution is -0.137. The van der Waals surface area contributed by atoms with E-state index in [1.165, 1.54) is 16.8 Å². The molecule has 21 heavy (non-hydrogen) atoms. The van der Waals surface area contributed by atoms with Crippen LogP contribution in [0, 0.1) is 0 Å². The summed E-state index contributed by atoms with van der Waals surface area (Å²) in [6, 6.07) is 6.60. The van der Waals surface area contributed by atoms with Crippen LogP contribution in [0.1, 0.15) is 5.56 Å². The first-order valence-corrected chi connectivity index (χ1v) is 6.08. The molecule has 0 saturated carbocycles. The maximum absolute atomic E-state index is 12.7. The number of hydrogen-bond acceptors (Lipinski definition) is 2. The first-order valence-electron chi connectivity index (χ1n) is 6.08. The number of aromatic nitrogens is 3. The van der Waals surface area contributed by atoms with E-state index in [0.717, 1.165) is 12.1 Å². The Kier molecular flexibility index (Phi) is 2.86. The zero-order valence-electron chi connectivity index (χ0n) is 10.9. The molecule has 7 heteroatoms. The standard InChI is InChI=1S/C14H10F3N3O/c1-20-12-11(19-13(20)21)6-9(7-18-12)8-3-2-4-10(5-8)14(15,16)17/h2-7H,1H3,(H,19,21). The smallest absolute Gasteiger partial charge is 0.304 e. The number of H-pyrrole nitrogens is 1. The number of alkyl halides is 3. The van der Waals surface area contributed by atoms with Gasteiger partial charge in [0.1, 0.15) is 0 Å². The van der Waals surface area contributed by atoms with Gasteiger partial charge < -0.3 is 4.98 Å². The lowest BCUT2D eigenvalue weighted by Gasteiger charge is -2.08. The van der Waals surface area contributed by atoms with Gasteiger partial charge in [-0.25, -0.2) is 9.78 Å². The third-order valence-corrected chi connectivity index (χ3v) is 3.25. The lowest BCUT2D eigenvalue weighted by atomic mass is 10.0. The zero-order valence-corrected chi connectivity index (χ0v) is 10.9. The molecule has 4 nitrogen and oxygen atoms in total. The summed E-state index contributed by atoms with van der Waals surface area (Å²) in [7, 11) is 1.57. The summed E-state index contributed by atoms with van der Waals surface area (Å²) in [5, 5.41) is 0. The van der Waals surface area contributed by atoms with E-state index >= 15 is 0 Å². The molecule has 3 aromatic rings. The first-order chi connectivity index (χ1) is 9.86. The summed E-state index contributed by atoms with van der Waals surface area (Å²) < 4.78 is 39.5. The van der Waals surface area contributed by atoms with Crippen molar-refractivity contribution in [2.24, 2.45) is 7.05 Å². The highest BCUT2D eigenvalue weighted by molar-refractivity contribution is 5.78. The Morgan fingerprint density at radius 1 is 1.19 bits per heavy atom. The topological polar surface area (TPSA) is 50.7 Å². The predicted octanol–water partition coefficient (Wildman–Crippen LogP) is 2.95. The first kappa shape index (κ1) is 13.4. The Balaban J connectivity index is 2.14. The van der Waals surface area contributed by atoms with Crippen LogP contribution in [0.5, 0.6) is 0 Å². The Labute approximate surface area is 116 Å². The molecule has 1 N–H and O–H groups in total. The number of imidazole rings is 1. The lowest BCUT2D eigenvalue weighted by Crippen LogP contribution is -2.12. The second-order valence-electron chi connectivity index (χ2n) is 4.66. The highest BCUT2D eigenvalue weighted by Crippen LogP contribution is 2.32. The number of pyridine rings is 1.